The topological polar surface area (TPSA) is 70.6 Å². The molecule has 0 aliphatic rings. The lowest BCUT2D eigenvalue weighted by molar-refractivity contribution is -0.870. The number of quaternary nitrogens is 1. The van der Waals surface area contributed by atoms with Crippen LogP contribution < -0.4 is 10.2 Å². The van der Waals surface area contributed by atoms with Crippen LogP contribution in [0, 0.1) is 0 Å². The molecule has 0 amide bonds. The molecule has 1 atom stereocenters. The van der Waals surface area contributed by atoms with Crippen LogP contribution in [-0.4, -0.2) is 58.5 Å². The molecule has 206 valence electrons. The summed E-state index contributed by atoms with van der Waals surface area (Å²) in [6.07, 6.45) is 24.9. The van der Waals surface area contributed by atoms with Gasteiger partial charge in [0.05, 0.1) is 27.7 Å². The van der Waals surface area contributed by atoms with Gasteiger partial charge >= 0.3 is 0 Å². The number of likely N-dealkylation sites (N-methyl/N-ethyl adjacent to an activating group) is 1. The molecule has 0 bridgehead atoms. The normalized spacial score (nSPS) is 13.9. The zero-order valence-electron chi connectivity index (χ0n) is 23.3. The minimum atomic E-state index is -4.17. The van der Waals surface area contributed by atoms with Crippen LogP contribution >= 0.6 is 7.82 Å². The molecule has 6 nitrogen and oxygen atoms in total. The van der Waals surface area contributed by atoms with Gasteiger partial charge in [-0.15, -0.1) is 0 Å². The molecule has 0 aliphatic carbocycles. The summed E-state index contributed by atoms with van der Waals surface area (Å²) in [5, 5.41) is 3.25. The molecule has 0 aromatic rings. The van der Waals surface area contributed by atoms with Gasteiger partial charge in [-0.1, -0.05) is 116 Å². The van der Waals surface area contributed by atoms with Crippen LogP contribution in [0.5, 0.6) is 0 Å². The summed E-state index contributed by atoms with van der Waals surface area (Å²) in [6, 6.07) is 0. The van der Waals surface area contributed by atoms with E-state index >= 15 is 0 Å². The first-order valence-corrected chi connectivity index (χ1v) is 15.8. The Balaban J connectivity index is 3.22. The van der Waals surface area contributed by atoms with E-state index in [0.29, 0.717) is 17.6 Å². The van der Waals surface area contributed by atoms with Gasteiger partial charge in [0.2, 0.25) is 0 Å². The number of unbranched alkanes of at least 4 members (excludes halogenated alkanes) is 17. The molecule has 0 saturated heterocycles. The third-order valence-electron chi connectivity index (χ3n) is 6.25. The average Bonchev–Trinajstić information content (AvgIpc) is 2.76. The molecule has 0 radical (unpaired) electrons. The smallest absolute Gasteiger partial charge is 0.268 e. The van der Waals surface area contributed by atoms with E-state index in [-0.39, 0.29) is 13.2 Å². The van der Waals surface area contributed by atoms with Crippen LogP contribution in [-0.2, 0) is 13.6 Å². The summed E-state index contributed by atoms with van der Waals surface area (Å²) >= 11 is 0. The number of nitrogens with zero attached hydrogens (tertiary/aromatic N) is 1. The molecule has 0 fully saturated rings. The van der Waals surface area contributed by atoms with Crippen molar-refractivity contribution in [1.82, 2.24) is 5.32 Å². The first kappa shape index (κ1) is 34.0. The summed E-state index contributed by atoms with van der Waals surface area (Å²) in [4.78, 5) is 11.7. The van der Waals surface area contributed by atoms with Crippen LogP contribution in [0.3, 0.4) is 0 Å². The zero-order chi connectivity index (χ0) is 25.4. The Morgan fingerprint density at radius 1 is 0.618 bits per heavy atom. The summed E-state index contributed by atoms with van der Waals surface area (Å²) in [6.45, 7) is 4.62. The standard InChI is InChI=1S/C27H59N2O4P/c1-5-6-7-8-9-10-11-12-13-14-15-16-17-18-19-20-21-22-23-28-24-26-32-34(30,31)33-27-25-29(2,3)4/h28H,5-27H2,1-4H3. The van der Waals surface area contributed by atoms with Crippen molar-refractivity contribution in [2.45, 2.75) is 122 Å². The lowest BCUT2D eigenvalue weighted by atomic mass is 10.0. The Hall–Kier alpha value is 0.0300. The Bertz CT molecular complexity index is 472. The maximum atomic E-state index is 11.7. The van der Waals surface area contributed by atoms with Gasteiger partial charge in [0, 0.05) is 6.54 Å². The number of hydrogen-bond acceptors (Lipinski definition) is 5. The Morgan fingerprint density at radius 2 is 1.00 bits per heavy atom. The highest BCUT2D eigenvalue weighted by Gasteiger charge is 2.12. The molecule has 0 aromatic heterocycles. The van der Waals surface area contributed by atoms with Crippen LogP contribution in [0.1, 0.15) is 122 Å². The molecule has 0 aromatic carbocycles. The van der Waals surface area contributed by atoms with Gasteiger partial charge in [0.15, 0.2) is 0 Å². The fraction of sp³-hybridized carbons (Fsp3) is 1.00. The molecule has 0 spiro atoms. The summed E-state index contributed by atoms with van der Waals surface area (Å²) in [5.74, 6) is 0. The minimum Gasteiger partial charge on any atom is -0.756 e. The number of phosphoric acid groups is 1. The molecule has 1 unspecified atom stereocenters. The third kappa shape index (κ3) is 28.3. The third-order valence-corrected chi connectivity index (χ3v) is 7.24. The highest BCUT2D eigenvalue weighted by molar-refractivity contribution is 7.45. The maximum Gasteiger partial charge on any atom is 0.268 e. The highest BCUT2D eigenvalue weighted by atomic mass is 31.2. The van der Waals surface area contributed by atoms with E-state index in [1.54, 1.807) is 0 Å². The van der Waals surface area contributed by atoms with Crippen molar-refractivity contribution in [3.05, 3.63) is 0 Å². The number of phosphoric ester groups is 1. The second kappa shape index (κ2) is 23.4. The van der Waals surface area contributed by atoms with Gasteiger partial charge < -0.3 is 23.7 Å². The number of nitrogens with one attached hydrogen (secondary N) is 1. The fourth-order valence-corrected chi connectivity index (χ4v) is 4.66. The van der Waals surface area contributed by atoms with E-state index < -0.39 is 7.82 Å². The summed E-state index contributed by atoms with van der Waals surface area (Å²) < 4.78 is 22.1. The molecule has 7 heteroatoms. The van der Waals surface area contributed by atoms with Crippen molar-refractivity contribution in [3.63, 3.8) is 0 Å². The van der Waals surface area contributed by atoms with E-state index in [9.17, 15) is 9.46 Å². The molecule has 1 N–H and O–H groups in total. The van der Waals surface area contributed by atoms with Gasteiger partial charge in [-0.05, 0) is 13.0 Å². The maximum absolute atomic E-state index is 11.7. The van der Waals surface area contributed by atoms with E-state index in [4.69, 9.17) is 9.05 Å². The van der Waals surface area contributed by atoms with Crippen LogP contribution in [0.4, 0.5) is 0 Å². The van der Waals surface area contributed by atoms with Crippen molar-refractivity contribution in [1.29, 1.82) is 0 Å². The molecule has 0 saturated carbocycles. The van der Waals surface area contributed by atoms with E-state index in [1.807, 2.05) is 21.1 Å². The fourth-order valence-electron chi connectivity index (χ4n) is 3.97. The lowest BCUT2D eigenvalue weighted by Crippen LogP contribution is -2.37. The first-order chi connectivity index (χ1) is 16.3. The van der Waals surface area contributed by atoms with E-state index in [0.717, 1.165) is 13.0 Å². The molecular weight excluding hydrogens is 447 g/mol. The quantitative estimate of drug-likeness (QED) is 0.0751. The molecule has 34 heavy (non-hydrogen) atoms. The van der Waals surface area contributed by atoms with Crippen molar-refractivity contribution < 1.29 is 23.0 Å². The Labute approximate surface area is 212 Å². The monoisotopic (exact) mass is 506 g/mol. The molecule has 0 rings (SSSR count). The average molecular weight is 507 g/mol. The van der Waals surface area contributed by atoms with Gasteiger partial charge in [-0.2, -0.15) is 0 Å². The minimum absolute atomic E-state index is 0.129. The van der Waals surface area contributed by atoms with Crippen molar-refractivity contribution in [3.8, 4) is 0 Å². The molecule has 0 heterocycles. The van der Waals surface area contributed by atoms with Crippen molar-refractivity contribution in [2.24, 2.45) is 0 Å². The van der Waals surface area contributed by atoms with E-state index in [1.165, 1.54) is 109 Å². The Kier molecular flexibility index (Phi) is 23.5. The second-order valence-electron chi connectivity index (χ2n) is 10.9. The van der Waals surface area contributed by atoms with Gasteiger partial charge in [-0.3, -0.25) is 4.57 Å². The second-order valence-corrected chi connectivity index (χ2v) is 12.3. The first-order valence-electron chi connectivity index (χ1n) is 14.4. The van der Waals surface area contributed by atoms with Crippen molar-refractivity contribution in [2.75, 3.05) is 54.0 Å². The van der Waals surface area contributed by atoms with Crippen LogP contribution in [0.25, 0.3) is 0 Å². The lowest BCUT2D eigenvalue weighted by Gasteiger charge is -2.27. The SMILES string of the molecule is CCCCCCCCCCCCCCCCCCCCNCCOP(=O)([O-])OCC[N+](C)(C)C. The predicted molar refractivity (Wildman–Crippen MR) is 144 cm³/mol. The van der Waals surface area contributed by atoms with Gasteiger partial charge in [0.25, 0.3) is 7.82 Å². The van der Waals surface area contributed by atoms with E-state index in [2.05, 4.69) is 12.2 Å². The van der Waals surface area contributed by atoms with Crippen LogP contribution in [0.15, 0.2) is 0 Å². The summed E-state index contributed by atoms with van der Waals surface area (Å²) in [7, 11) is 1.80. The molecule has 0 aliphatic heterocycles. The number of rotatable bonds is 27. The van der Waals surface area contributed by atoms with Crippen LogP contribution in [0.2, 0.25) is 0 Å². The van der Waals surface area contributed by atoms with Gasteiger partial charge in [0.1, 0.15) is 13.2 Å². The Morgan fingerprint density at radius 3 is 1.41 bits per heavy atom. The zero-order valence-corrected chi connectivity index (χ0v) is 24.2. The largest absolute Gasteiger partial charge is 0.756 e. The summed E-state index contributed by atoms with van der Waals surface area (Å²) in [5.41, 5.74) is 0. The number of hydrogen-bond donors (Lipinski definition) is 1. The molecular formula is C27H59N2O4P. The van der Waals surface area contributed by atoms with Gasteiger partial charge in [-0.25, -0.2) is 0 Å². The predicted octanol–water partition coefficient (Wildman–Crippen LogP) is 6.83. The van der Waals surface area contributed by atoms with Crippen molar-refractivity contribution >= 4 is 7.82 Å². The highest BCUT2D eigenvalue weighted by Crippen LogP contribution is 2.37.